The largest absolute Gasteiger partial charge is 0.255 e. The van der Waals surface area contributed by atoms with Crippen molar-refractivity contribution in [3.63, 3.8) is 0 Å². The summed E-state index contributed by atoms with van der Waals surface area (Å²) in [5, 5.41) is 0. The van der Waals surface area contributed by atoms with E-state index in [1.165, 1.54) is 9.80 Å². The molecular weight excluding hydrogens is 226 g/mol. The Morgan fingerprint density at radius 1 is 1.27 bits per heavy atom. The van der Waals surface area contributed by atoms with Gasteiger partial charge in [-0.05, 0) is 19.9 Å². The van der Waals surface area contributed by atoms with Crippen molar-refractivity contribution in [3.05, 3.63) is 40.4 Å². The van der Waals surface area contributed by atoms with Gasteiger partial charge in [0.25, 0.3) is 0 Å². The molecule has 1 aliphatic heterocycles. The van der Waals surface area contributed by atoms with Gasteiger partial charge >= 0.3 is 0 Å². The predicted octanol–water partition coefficient (Wildman–Crippen LogP) is 4.07. The molecule has 0 aromatic heterocycles. The second-order valence-corrected chi connectivity index (χ2v) is 4.96. The van der Waals surface area contributed by atoms with Crippen LogP contribution in [0.15, 0.2) is 44.8 Å². The molecule has 2 rings (SSSR count). The van der Waals surface area contributed by atoms with Gasteiger partial charge < -0.3 is 0 Å². The Labute approximate surface area is 99.2 Å². The second-order valence-electron chi connectivity index (χ2n) is 3.43. The predicted molar refractivity (Wildman–Crippen MR) is 67.9 cm³/mol. The molecule has 0 radical (unpaired) electrons. The molecule has 0 bridgehead atoms. The number of nitrogens with zero attached hydrogens (tertiary/aromatic N) is 1. The van der Waals surface area contributed by atoms with E-state index in [4.69, 9.17) is 11.6 Å². The van der Waals surface area contributed by atoms with Crippen LogP contribution in [-0.2, 0) is 0 Å². The molecule has 0 unspecified atom stereocenters. The van der Waals surface area contributed by atoms with Crippen LogP contribution in [0.5, 0.6) is 0 Å². The number of halogens is 1. The highest BCUT2D eigenvalue weighted by molar-refractivity contribution is 8.03. The average Bonchev–Trinajstić information content (AvgIpc) is 2.37. The zero-order chi connectivity index (χ0) is 10.8. The van der Waals surface area contributed by atoms with Gasteiger partial charge in [-0.3, -0.25) is 4.99 Å². The molecule has 78 valence electrons. The highest BCUT2D eigenvalue weighted by Gasteiger charge is 2.14. The second kappa shape index (κ2) is 4.42. The minimum absolute atomic E-state index is 0.461. The Morgan fingerprint density at radius 2 is 2.00 bits per heavy atom. The number of allylic oxidation sites excluding steroid dienone is 2. The minimum atomic E-state index is 0.461. The van der Waals surface area contributed by atoms with Crippen LogP contribution in [0.3, 0.4) is 0 Å². The van der Waals surface area contributed by atoms with Crippen molar-refractivity contribution in [2.75, 3.05) is 5.88 Å². The molecule has 1 heterocycles. The van der Waals surface area contributed by atoms with Crippen LogP contribution in [0.25, 0.3) is 0 Å². The third kappa shape index (κ3) is 2.11. The zero-order valence-electron chi connectivity index (χ0n) is 8.75. The number of hydrogen-bond acceptors (Lipinski definition) is 2. The van der Waals surface area contributed by atoms with Gasteiger partial charge in [0.1, 0.15) is 0 Å². The molecule has 1 nitrogen and oxygen atoms in total. The van der Waals surface area contributed by atoms with Gasteiger partial charge in [-0.2, -0.15) is 0 Å². The summed E-state index contributed by atoms with van der Waals surface area (Å²) in [6.45, 7) is 4.12. The maximum absolute atomic E-state index is 5.93. The third-order valence-electron chi connectivity index (χ3n) is 2.40. The first-order chi connectivity index (χ1) is 7.22. The molecule has 0 saturated heterocycles. The molecule has 0 fully saturated rings. The Bertz CT molecular complexity index is 449. The number of aliphatic imine (C=N–C) groups is 1. The van der Waals surface area contributed by atoms with Gasteiger partial charge in [0.15, 0.2) is 0 Å². The topological polar surface area (TPSA) is 12.4 Å². The van der Waals surface area contributed by atoms with E-state index in [2.05, 4.69) is 24.0 Å². The van der Waals surface area contributed by atoms with Gasteiger partial charge in [-0.1, -0.05) is 30.0 Å². The SMILES string of the molecule is CC1=C(C)Sc2ccccc2C(CCl)=N1. The summed E-state index contributed by atoms with van der Waals surface area (Å²) in [5.41, 5.74) is 3.19. The van der Waals surface area contributed by atoms with E-state index in [1.807, 2.05) is 19.1 Å². The Balaban J connectivity index is 2.60. The van der Waals surface area contributed by atoms with Gasteiger partial charge in [0, 0.05) is 21.1 Å². The fourth-order valence-electron chi connectivity index (χ4n) is 1.48. The molecule has 1 aromatic rings. The summed E-state index contributed by atoms with van der Waals surface area (Å²) in [7, 11) is 0. The highest BCUT2D eigenvalue weighted by atomic mass is 35.5. The smallest absolute Gasteiger partial charge is 0.0653 e. The standard InChI is InChI=1S/C12H12ClNS/c1-8-9(2)15-12-6-4-3-5-10(12)11(7-13)14-8/h3-6H,7H2,1-2H3. The molecule has 1 aliphatic rings. The molecule has 0 saturated carbocycles. The number of hydrogen-bond donors (Lipinski definition) is 0. The monoisotopic (exact) mass is 237 g/mol. The van der Waals surface area contributed by atoms with E-state index in [0.29, 0.717) is 5.88 Å². The lowest BCUT2D eigenvalue weighted by Crippen LogP contribution is -2.03. The Kier molecular flexibility index (Phi) is 3.17. The van der Waals surface area contributed by atoms with E-state index in [9.17, 15) is 0 Å². The Morgan fingerprint density at radius 3 is 2.73 bits per heavy atom. The summed E-state index contributed by atoms with van der Waals surface area (Å²) in [4.78, 5) is 7.04. The fraction of sp³-hybridized carbons (Fsp3) is 0.250. The lowest BCUT2D eigenvalue weighted by molar-refractivity contribution is 1.26. The van der Waals surface area contributed by atoms with Crippen molar-refractivity contribution < 1.29 is 0 Å². The normalized spacial score (nSPS) is 15.8. The number of alkyl halides is 1. The minimum Gasteiger partial charge on any atom is -0.255 e. The van der Waals surface area contributed by atoms with Gasteiger partial charge in [0.05, 0.1) is 11.6 Å². The van der Waals surface area contributed by atoms with Crippen LogP contribution < -0.4 is 0 Å². The fourth-order valence-corrected chi connectivity index (χ4v) is 2.65. The maximum Gasteiger partial charge on any atom is 0.0653 e. The van der Waals surface area contributed by atoms with Crippen LogP contribution in [-0.4, -0.2) is 11.6 Å². The van der Waals surface area contributed by atoms with E-state index in [-0.39, 0.29) is 0 Å². The van der Waals surface area contributed by atoms with Crippen LogP contribution in [0.1, 0.15) is 19.4 Å². The van der Waals surface area contributed by atoms with Crippen LogP contribution in [0.4, 0.5) is 0 Å². The van der Waals surface area contributed by atoms with Gasteiger partial charge in [0.2, 0.25) is 0 Å². The molecular formula is C12H12ClNS. The van der Waals surface area contributed by atoms with Crippen molar-refractivity contribution in [1.29, 1.82) is 0 Å². The molecule has 3 heteroatoms. The molecule has 0 amide bonds. The lowest BCUT2D eigenvalue weighted by atomic mass is 10.1. The maximum atomic E-state index is 5.93. The third-order valence-corrected chi connectivity index (χ3v) is 3.83. The summed E-state index contributed by atoms with van der Waals surface area (Å²) in [5.74, 6) is 0.461. The Hall–Kier alpha value is -0.730. The van der Waals surface area contributed by atoms with Crippen molar-refractivity contribution in [2.24, 2.45) is 4.99 Å². The summed E-state index contributed by atoms with van der Waals surface area (Å²) in [6, 6.07) is 8.27. The van der Waals surface area contributed by atoms with Crippen molar-refractivity contribution >= 4 is 29.1 Å². The van der Waals surface area contributed by atoms with Crippen molar-refractivity contribution in [2.45, 2.75) is 18.7 Å². The molecule has 15 heavy (non-hydrogen) atoms. The summed E-state index contributed by atoms with van der Waals surface area (Å²) >= 11 is 7.70. The quantitative estimate of drug-likeness (QED) is 0.671. The summed E-state index contributed by atoms with van der Waals surface area (Å²) < 4.78 is 0. The van der Waals surface area contributed by atoms with E-state index in [0.717, 1.165) is 17.0 Å². The first-order valence-corrected chi connectivity index (χ1v) is 6.15. The zero-order valence-corrected chi connectivity index (χ0v) is 10.3. The van der Waals surface area contributed by atoms with E-state index in [1.54, 1.807) is 11.8 Å². The summed E-state index contributed by atoms with van der Waals surface area (Å²) in [6.07, 6.45) is 0. The van der Waals surface area contributed by atoms with Gasteiger partial charge in [-0.25, -0.2) is 0 Å². The van der Waals surface area contributed by atoms with Crippen LogP contribution >= 0.6 is 23.4 Å². The number of thioether (sulfide) groups is 1. The highest BCUT2D eigenvalue weighted by Crippen LogP contribution is 2.34. The van der Waals surface area contributed by atoms with Crippen molar-refractivity contribution in [3.8, 4) is 0 Å². The molecule has 0 N–H and O–H groups in total. The first kappa shape index (κ1) is 10.8. The van der Waals surface area contributed by atoms with E-state index >= 15 is 0 Å². The van der Waals surface area contributed by atoms with Gasteiger partial charge in [-0.15, -0.1) is 11.6 Å². The molecule has 0 aliphatic carbocycles. The lowest BCUT2D eigenvalue weighted by Gasteiger charge is -2.05. The molecule has 0 atom stereocenters. The van der Waals surface area contributed by atoms with Crippen molar-refractivity contribution in [1.82, 2.24) is 0 Å². The van der Waals surface area contributed by atoms with Crippen LogP contribution in [0.2, 0.25) is 0 Å². The average molecular weight is 238 g/mol. The van der Waals surface area contributed by atoms with E-state index < -0.39 is 0 Å². The number of rotatable bonds is 1. The molecule has 1 aromatic carbocycles. The number of benzene rings is 1. The first-order valence-electron chi connectivity index (χ1n) is 4.80. The van der Waals surface area contributed by atoms with Crippen LogP contribution in [0, 0.1) is 0 Å². The molecule has 0 spiro atoms. The number of fused-ring (bicyclic) bond motifs is 1.